The summed E-state index contributed by atoms with van der Waals surface area (Å²) in [4.78, 5) is 19.1. The van der Waals surface area contributed by atoms with Gasteiger partial charge in [0.15, 0.2) is 5.96 Å². The maximum atomic E-state index is 14.0. The maximum Gasteiger partial charge on any atom is 0.230 e. The first kappa shape index (κ1) is 20.6. The molecular formula is C21H30F2N4O. The van der Waals surface area contributed by atoms with Crippen molar-refractivity contribution in [3.8, 4) is 0 Å². The van der Waals surface area contributed by atoms with Crippen molar-refractivity contribution >= 4 is 11.9 Å². The van der Waals surface area contributed by atoms with E-state index in [1.165, 1.54) is 18.2 Å². The zero-order valence-electron chi connectivity index (χ0n) is 16.9. The van der Waals surface area contributed by atoms with Crippen LogP contribution >= 0.6 is 0 Å². The van der Waals surface area contributed by atoms with Crippen LogP contribution in [0.5, 0.6) is 0 Å². The topological polar surface area (TPSA) is 56.7 Å². The van der Waals surface area contributed by atoms with Gasteiger partial charge in [0.05, 0.1) is 12.0 Å². The van der Waals surface area contributed by atoms with Gasteiger partial charge in [0.2, 0.25) is 5.91 Å². The van der Waals surface area contributed by atoms with Gasteiger partial charge >= 0.3 is 0 Å². The number of aliphatic imine (C=N–C) groups is 1. The van der Waals surface area contributed by atoms with Crippen molar-refractivity contribution in [3.05, 3.63) is 35.4 Å². The molecule has 1 amide bonds. The van der Waals surface area contributed by atoms with Gasteiger partial charge in [-0.05, 0) is 38.3 Å². The van der Waals surface area contributed by atoms with Crippen molar-refractivity contribution in [2.75, 3.05) is 27.2 Å². The number of rotatable bonds is 6. The average Bonchev–Trinajstić information content (AvgIpc) is 3.22. The molecule has 154 valence electrons. The molecule has 3 rings (SSSR count). The Morgan fingerprint density at radius 3 is 2.46 bits per heavy atom. The number of halogens is 2. The highest BCUT2D eigenvalue weighted by molar-refractivity contribution is 5.84. The van der Waals surface area contributed by atoms with Crippen molar-refractivity contribution in [3.63, 3.8) is 0 Å². The smallest absolute Gasteiger partial charge is 0.230 e. The molecule has 28 heavy (non-hydrogen) atoms. The lowest BCUT2D eigenvalue weighted by atomic mass is 9.85. The summed E-state index contributed by atoms with van der Waals surface area (Å²) in [5.41, 5.74) is -0.294. The molecule has 7 heteroatoms. The summed E-state index contributed by atoms with van der Waals surface area (Å²) in [5.74, 6) is -0.476. The zero-order chi connectivity index (χ0) is 20.3. The van der Waals surface area contributed by atoms with Crippen LogP contribution in [0, 0.1) is 17.0 Å². The Morgan fingerprint density at radius 2 is 1.89 bits per heavy atom. The summed E-state index contributed by atoms with van der Waals surface area (Å²) in [6, 6.07) is 3.91. The summed E-state index contributed by atoms with van der Waals surface area (Å²) in [5, 5.41) is 6.48. The molecule has 5 nitrogen and oxygen atoms in total. The molecule has 0 aromatic heterocycles. The monoisotopic (exact) mass is 392 g/mol. The summed E-state index contributed by atoms with van der Waals surface area (Å²) >= 11 is 0. The van der Waals surface area contributed by atoms with Gasteiger partial charge in [0.25, 0.3) is 0 Å². The highest BCUT2D eigenvalue weighted by Gasteiger charge is 2.44. The van der Waals surface area contributed by atoms with E-state index in [9.17, 15) is 13.6 Å². The molecule has 1 aromatic rings. The molecule has 2 unspecified atom stereocenters. The minimum absolute atomic E-state index is 0.0618. The van der Waals surface area contributed by atoms with Crippen LogP contribution in [0.4, 0.5) is 8.78 Å². The number of carbonyl (C=O) groups excluding carboxylic acids is 1. The van der Waals surface area contributed by atoms with Gasteiger partial charge in [-0.25, -0.2) is 8.78 Å². The fraction of sp³-hybridized carbons (Fsp3) is 0.619. The van der Waals surface area contributed by atoms with E-state index in [0.717, 1.165) is 25.7 Å². The van der Waals surface area contributed by atoms with Crippen LogP contribution in [0.15, 0.2) is 23.2 Å². The van der Waals surface area contributed by atoms with E-state index in [-0.39, 0.29) is 23.4 Å². The Labute approximate surface area is 165 Å². The summed E-state index contributed by atoms with van der Waals surface area (Å²) < 4.78 is 28.0. The van der Waals surface area contributed by atoms with E-state index in [4.69, 9.17) is 0 Å². The second kappa shape index (κ2) is 8.45. The van der Waals surface area contributed by atoms with Gasteiger partial charge in [0.1, 0.15) is 11.6 Å². The van der Waals surface area contributed by atoms with Crippen molar-refractivity contribution < 1.29 is 13.6 Å². The van der Waals surface area contributed by atoms with Gasteiger partial charge in [-0.2, -0.15) is 0 Å². The van der Waals surface area contributed by atoms with Gasteiger partial charge in [0, 0.05) is 38.2 Å². The van der Waals surface area contributed by atoms with Crippen LogP contribution in [-0.2, 0) is 4.79 Å². The third-order valence-corrected chi connectivity index (χ3v) is 5.79. The highest BCUT2D eigenvalue weighted by atomic mass is 19.1. The number of hydrogen-bond donors (Lipinski definition) is 2. The third-order valence-electron chi connectivity index (χ3n) is 5.79. The Hall–Kier alpha value is -2.18. The Kier molecular flexibility index (Phi) is 6.20. The van der Waals surface area contributed by atoms with Gasteiger partial charge < -0.3 is 15.5 Å². The molecule has 0 spiro atoms. The van der Waals surface area contributed by atoms with Crippen LogP contribution in [0.1, 0.15) is 50.5 Å². The average molecular weight is 392 g/mol. The van der Waals surface area contributed by atoms with E-state index in [1.807, 2.05) is 6.92 Å². The quantitative estimate of drug-likeness (QED) is 0.578. The molecule has 2 saturated carbocycles. The number of benzene rings is 1. The van der Waals surface area contributed by atoms with Crippen LogP contribution in [0.3, 0.4) is 0 Å². The van der Waals surface area contributed by atoms with E-state index in [1.54, 1.807) is 19.0 Å². The fourth-order valence-electron chi connectivity index (χ4n) is 4.23. The number of hydrogen-bond acceptors (Lipinski definition) is 2. The molecule has 2 N–H and O–H groups in total. The number of amides is 1. The first-order chi connectivity index (χ1) is 13.4. The number of nitrogens with zero attached hydrogens (tertiary/aromatic N) is 2. The fourth-order valence-corrected chi connectivity index (χ4v) is 4.23. The second-order valence-electron chi connectivity index (χ2n) is 8.11. The van der Waals surface area contributed by atoms with Crippen LogP contribution in [0.2, 0.25) is 0 Å². The molecule has 1 aromatic carbocycles. The molecule has 0 aliphatic heterocycles. The molecule has 2 aliphatic rings. The maximum absolute atomic E-state index is 14.0. The SMILES string of the molecule is CCNC(=NCC1(C(=O)N(C)C)CCCC1)NC1CC1c1c(F)cccc1F. The van der Waals surface area contributed by atoms with E-state index in [0.29, 0.717) is 25.5 Å². The minimum atomic E-state index is -0.502. The summed E-state index contributed by atoms with van der Waals surface area (Å²) in [7, 11) is 3.57. The molecule has 0 heterocycles. The lowest BCUT2D eigenvalue weighted by Gasteiger charge is -2.29. The Bertz CT molecular complexity index is 724. The molecule has 2 atom stereocenters. The molecule has 0 saturated heterocycles. The lowest BCUT2D eigenvalue weighted by Crippen LogP contribution is -2.43. The lowest BCUT2D eigenvalue weighted by molar-refractivity contribution is -0.138. The van der Waals surface area contributed by atoms with Crippen molar-refractivity contribution in [1.29, 1.82) is 0 Å². The van der Waals surface area contributed by atoms with Crippen LogP contribution in [-0.4, -0.2) is 50.0 Å². The Balaban J connectivity index is 1.69. The molecule has 2 aliphatic carbocycles. The molecular weight excluding hydrogens is 362 g/mol. The summed E-state index contributed by atoms with van der Waals surface area (Å²) in [6.07, 6.45) is 4.43. The molecule has 0 radical (unpaired) electrons. The number of guanidine groups is 1. The molecule has 0 bridgehead atoms. The van der Waals surface area contributed by atoms with Gasteiger partial charge in [-0.1, -0.05) is 18.9 Å². The van der Waals surface area contributed by atoms with E-state index in [2.05, 4.69) is 15.6 Å². The van der Waals surface area contributed by atoms with Crippen LogP contribution in [0.25, 0.3) is 0 Å². The predicted molar refractivity (Wildman–Crippen MR) is 106 cm³/mol. The van der Waals surface area contributed by atoms with Gasteiger partial charge in [-0.3, -0.25) is 9.79 Å². The van der Waals surface area contributed by atoms with E-state index >= 15 is 0 Å². The van der Waals surface area contributed by atoms with Gasteiger partial charge in [-0.15, -0.1) is 0 Å². The highest BCUT2D eigenvalue weighted by Crippen LogP contribution is 2.43. The van der Waals surface area contributed by atoms with Crippen molar-refractivity contribution in [1.82, 2.24) is 15.5 Å². The number of nitrogens with one attached hydrogen (secondary N) is 2. The Morgan fingerprint density at radius 1 is 1.25 bits per heavy atom. The third kappa shape index (κ3) is 4.28. The normalized spacial score (nSPS) is 23.4. The zero-order valence-corrected chi connectivity index (χ0v) is 16.9. The minimum Gasteiger partial charge on any atom is -0.357 e. The first-order valence-electron chi connectivity index (χ1n) is 10.1. The number of carbonyl (C=O) groups is 1. The largest absolute Gasteiger partial charge is 0.357 e. The van der Waals surface area contributed by atoms with Crippen LogP contribution < -0.4 is 10.6 Å². The predicted octanol–water partition coefficient (Wildman–Crippen LogP) is 3.02. The van der Waals surface area contributed by atoms with Crippen molar-refractivity contribution in [2.24, 2.45) is 10.4 Å². The standard InChI is InChI=1S/C21H30F2N4O/c1-4-24-20(25-13-21(10-5-6-11-21)19(28)27(2)3)26-17-12-14(17)18-15(22)8-7-9-16(18)23/h7-9,14,17H,4-6,10-13H2,1-3H3,(H2,24,25,26). The molecule has 2 fully saturated rings. The van der Waals surface area contributed by atoms with Crippen molar-refractivity contribution in [2.45, 2.75) is 51.0 Å². The second-order valence-corrected chi connectivity index (χ2v) is 8.11. The summed E-state index contributed by atoms with van der Waals surface area (Å²) in [6.45, 7) is 3.06. The first-order valence-corrected chi connectivity index (χ1v) is 10.1. The van der Waals surface area contributed by atoms with E-state index < -0.39 is 17.0 Å².